The number of carbonyl (C=O) groups excluding carboxylic acids is 1. The number of benzene rings is 1. The predicted octanol–water partition coefficient (Wildman–Crippen LogP) is 4.12. The largest absolute Gasteiger partial charge is 0.272 e. The topological polar surface area (TPSA) is 85.0 Å². The van der Waals surface area contributed by atoms with Gasteiger partial charge in [0, 0.05) is 32.1 Å². The smallest absolute Gasteiger partial charge is 0.249 e. The third-order valence-electron chi connectivity index (χ3n) is 7.17. The summed E-state index contributed by atoms with van der Waals surface area (Å²) in [7, 11) is 0. The molecule has 3 aliphatic carbocycles. The second-order valence-electron chi connectivity index (χ2n) is 9.58. The number of nitrogens with zero attached hydrogens (tertiary/aromatic N) is 6. The summed E-state index contributed by atoms with van der Waals surface area (Å²) in [4.78, 5) is 18.0. The van der Waals surface area contributed by atoms with Crippen LogP contribution in [-0.2, 0) is 4.79 Å². The van der Waals surface area contributed by atoms with Gasteiger partial charge in [-0.1, -0.05) is 6.07 Å². The van der Waals surface area contributed by atoms with Gasteiger partial charge in [0.2, 0.25) is 5.91 Å². The minimum absolute atomic E-state index is 0.0816. The molecule has 0 N–H and O–H groups in total. The van der Waals surface area contributed by atoms with Crippen molar-refractivity contribution in [1.82, 2.24) is 9.99 Å². The monoisotopic (exact) mass is 426 g/mol. The minimum Gasteiger partial charge on any atom is -0.272 e. The van der Waals surface area contributed by atoms with Gasteiger partial charge < -0.3 is 0 Å². The van der Waals surface area contributed by atoms with Crippen molar-refractivity contribution in [1.29, 1.82) is 5.26 Å². The van der Waals surface area contributed by atoms with E-state index in [1.807, 2.05) is 55.5 Å². The summed E-state index contributed by atoms with van der Waals surface area (Å²) >= 11 is 0. The van der Waals surface area contributed by atoms with Crippen LogP contribution in [0.4, 0.5) is 5.69 Å². The van der Waals surface area contributed by atoms with E-state index in [2.05, 4.69) is 28.0 Å². The van der Waals surface area contributed by atoms with E-state index in [9.17, 15) is 4.79 Å². The lowest BCUT2D eigenvalue weighted by atomic mass is 9.34. The molecule has 0 saturated heterocycles. The van der Waals surface area contributed by atoms with E-state index >= 15 is 0 Å². The van der Waals surface area contributed by atoms with E-state index in [1.54, 1.807) is 11.1 Å². The number of rotatable bonds is 6. The summed E-state index contributed by atoms with van der Waals surface area (Å²) in [5, 5.41) is 21.3. The van der Waals surface area contributed by atoms with Gasteiger partial charge in [-0.05, 0) is 73.9 Å². The molecule has 4 aliphatic rings. The van der Waals surface area contributed by atoms with E-state index < -0.39 is 0 Å². The van der Waals surface area contributed by atoms with Gasteiger partial charge in [-0.25, -0.2) is 5.01 Å². The molecule has 0 spiro atoms. The number of aromatic nitrogens is 1. The maximum Gasteiger partial charge on any atom is 0.249 e. The van der Waals surface area contributed by atoms with E-state index in [0.29, 0.717) is 12.0 Å². The van der Waals surface area contributed by atoms with E-state index in [1.165, 1.54) is 0 Å². The van der Waals surface area contributed by atoms with Crippen LogP contribution in [0.3, 0.4) is 0 Å². The Morgan fingerprint density at radius 2 is 2.09 bits per heavy atom. The van der Waals surface area contributed by atoms with E-state index in [4.69, 9.17) is 5.26 Å². The molecule has 7 heteroatoms. The highest BCUT2D eigenvalue weighted by atomic mass is 16.2. The molecule has 7 nitrogen and oxygen atoms in total. The number of anilines is 1. The van der Waals surface area contributed by atoms with Crippen LogP contribution >= 0.6 is 0 Å². The fourth-order valence-electron chi connectivity index (χ4n) is 5.71. The maximum absolute atomic E-state index is 13.4. The first-order valence-corrected chi connectivity index (χ1v) is 10.9. The number of hydrazone groups is 2. The van der Waals surface area contributed by atoms with Crippen molar-refractivity contribution in [3.8, 4) is 6.07 Å². The van der Waals surface area contributed by atoms with Gasteiger partial charge in [0.1, 0.15) is 6.04 Å². The Morgan fingerprint density at radius 1 is 1.31 bits per heavy atom. The summed E-state index contributed by atoms with van der Waals surface area (Å²) in [5.74, 6) is 0.119. The van der Waals surface area contributed by atoms with Gasteiger partial charge in [-0.3, -0.25) is 14.8 Å². The van der Waals surface area contributed by atoms with Crippen LogP contribution in [0.5, 0.6) is 0 Å². The SMILES string of the molecule is C=NN(CC12CC(C(=O)N3N=CCC3c3ccc(C)cn3)(C1)C2)c1ccc(C#N)cc1C. The molecular weight excluding hydrogens is 400 g/mol. The Hall–Kier alpha value is -3.53. The number of amides is 1. The van der Waals surface area contributed by atoms with Crippen LogP contribution < -0.4 is 5.01 Å². The predicted molar refractivity (Wildman–Crippen MR) is 123 cm³/mol. The summed E-state index contributed by atoms with van der Waals surface area (Å²) in [6.45, 7) is 8.47. The van der Waals surface area contributed by atoms with Crippen LogP contribution in [0, 0.1) is 36.0 Å². The normalized spacial score (nSPS) is 27.3. The number of hydrogen-bond donors (Lipinski definition) is 0. The third kappa shape index (κ3) is 3.10. The molecule has 2 bridgehead atoms. The molecule has 32 heavy (non-hydrogen) atoms. The van der Waals surface area contributed by atoms with Crippen molar-refractivity contribution in [3.63, 3.8) is 0 Å². The lowest BCUT2D eigenvalue weighted by Crippen LogP contribution is -2.70. The van der Waals surface area contributed by atoms with Crippen LogP contribution in [0.1, 0.15) is 54.1 Å². The van der Waals surface area contributed by atoms with Crippen LogP contribution in [0.2, 0.25) is 0 Å². The molecule has 2 heterocycles. The van der Waals surface area contributed by atoms with Crippen LogP contribution in [-0.4, -0.2) is 35.4 Å². The third-order valence-corrected chi connectivity index (χ3v) is 7.17. The van der Waals surface area contributed by atoms with E-state index in [0.717, 1.165) is 48.3 Å². The second kappa shape index (κ2) is 7.27. The lowest BCUT2D eigenvalue weighted by molar-refractivity contribution is -0.214. The van der Waals surface area contributed by atoms with Crippen LogP contribution in [0.15, 0.2) is 46.7 Å². The van der Waals surface area contributed by atoms with Crippen molar-refractivity contribution in [3.05, 3.63) is 58.9 Å². The van der Waals surface area contributed by atoms with Gasteiger partial charge in [0.25, 0.3) is 0 Å². The number of nitriles is 1. The Bertz CT molecular complexity index is 1140. The molecule has 1 amide bonds. The molecule has 3 saturated carbocycles. The van der Waals surface area contributed by atoms with Gasteiger partial charge in [0.05, 0.1) is 28.4 Å². The Labute approximate surface area is 188 Å². The molecule has 2 aromatic rings. The number of pyridine rings is 1. The summed E-state index contributed by atoms with van der Waals surface area (Å²) in [5.41, 5.74) is 4.35. The average Bonchev–Trinajstić information content (AvgIpc) is 3.23. The molecule has 162 valence electrons. The fourth-order valence-corrected chi connectivity index (χ4v) is 5.71. The Kier molecular flexibility index (Phi) is 4.63. The quantitative estimate of drug-likeness (QED) is 0.514. The highest BCUT2D eigenvalue weighted by molar-refractivity contribution is 5.88. The first kappa shape index (κ1) is 20.4. The summed E-state index contributed by atoms with van der Waals surface area (Å²) in [6, 6.07) is 11.7. The summed E-state index contributed by atoms with van der Waals surface area (Å²) in [6.07, 6.45) is 6.91. The van der Waals surface area contributed by atoms with E-state index in [-0.39, 0.29) is 22.8 Å². The molecule has 1 aliphatic heterocycles. The first-order chi connectivity index (χ1) is 15.4. The van der Waals surface area contributed by atoms with Gasteiger partial charge in [-0.2, -0.15) is 15.5 Å². The Morgan fingerprint density at radius 3 is 2.72 bits per heavy atom. The molecule has 3 fully saturated rings. The minimum atomic E-state index is -0.308. The van der Waals surface area contributed by atoms with Gasteiger partial charge in [0.15, 0.2) is 0 Å². The average molecular weight is 427 g/mol. The number of aryl methyl sites for hydroxylation is 2. The van der Waals surface area contributed by atoms with Crippen molar-refractivity contribution in [2.75, 3.05) is 11.6 Å². The second-order valence-corrected chi connectivity index (χ2v) is 9.58. The highest BCUT2D eigenvalue weighted by Crippen LogP contribution is 2.74. The van der Waals surface area contributed by atoms with Crippen molar-refractivity contribution in [2.24, 2.45) is 21.0 Å². The molecule has 1 unspecified atom stereocenters. The maximum atomic E-state index is 13.4. The number of carbonyl (C=O) groups is 1. The van der Waals surface area contributed by atoms with Crippen molar-refractivity contribution >= 4 is 24.5 Å². The zero-order valence-corrected chi connectivity index (χ0v) is 18.5. The molecule has 1 aromatic carbocycles. The van der Waals surface area contributed by atoms with Crippen molar-refractivity contribution < 1.29 is 4.79 Å². The molecule has 0 radical (unpaired) electrons. The molecule has 1 atom stereocenters. The van der Waals surface area contributed by atoms with Gasteiger partial charge in [-0.15, -0.1) is 0 Å². The standard InChI is InChI=1S/C25H26N6O/c1-17-4-6-20(28-12-17)22-8-9-29-31(22)23(32)25-13-24(14-25,15-25)16-30(27-3)21-7-5-19(11-26)10-18(21)2/h4-7,9-10,12,22H,3,8,13-16H2,1-2H3. The molecule has 1 aromatic heterocycles. The number of hydrogen-bond acceptors (Lipinski definition) is 6. The van der Waals surface area contributed by atoms with Gasteiger partial charge >= 0.3 is 0 Å². The zero-order chi connectivity index (χ0) is 22.5. The fraction of sp³-hybridized carbons (Fsp3) is 0.400. The van der Waals surface area contributed by atoms with Crippen molar-refractivity contribution in [2.45, 2.75) is 45.6 Å². The first-order valence-electron chi connectivity index (χ1n) is 10.9. The zero-order valence-electron chi connectivity index (χ0n) is 18.5. The lowest BCUT2D eigenvalue weighted by Gasteiger charge is -2.70. The molecular formula is C25H26N6O. The Balaban J connectivity index is 1.26. The van der Waals surface area contributed by atoms with Crippen LogP contribution in [0.25, 0.3) is 0 Å². The highest BCUT2D eigenvalue weighted by Gasteiger charge is 2.72. The summed E-state index contributed by atoms with van der Waals surface area (Å²) < 4.78 is 0. The molecule has 6 rings (SSSR count).